The van der Waals surface area contributed by atoms with Gasteiger partial charge in [0, 0.05) is 35.9 Å². The Morgan fingerprint density at radius 3 is 2.31 bits per heavy atom. The highest BCUT2D eigenvalue weighted by Crippen LogP contribution is 2.31. The average Bonchev–Trinajstić information content (AvgIpc) is 3.08. The van der Waals surface area contributed by atoms with Crippen LogP contribution in [0.2, 0.25) is 0 Å². The molecule has 0 aliphatic carbocycles. The summed E-state index contributed by atoms with van der Waals surface area (Å²) >= 11 is 5.30. The van der Waals surface area contributed by atoms with E-state index in [4.69, 9.17) is 17.0 Å². The van der Waals surface area contributed by atoms with Gasteiger partial charge in [-0.1, -0.05) is 60.7 Å². The number of amides is 3. The van der Waals surface area contributed by atoms with Crippen LogP contribution in [0, 0.1) is 0 Å². The lowest BCUT2D eigenvalue weighted by atomic mass is 9.99. The third-order valence-corrected chi connectivity index (χ3v) is 7.64. The van der Waals surface area contributed by atoms with Gasteiger partial charge in [-0.05, 0) is 88.5 Å². The van der Waals surface area contributed by atoms with Crippen molar-refractivity contribution < 1.29 is 19.1 Å². The summed E-state index contributed by atoms with van der Waals surface area (Å²) in [6.07, 6.45) is 0.495. The van der Waals surface area contributed by atoms with E-state index in [1.807, 2.05) is 72.8 Å². The van der Waals surface area contributed by atoms with E-state index in [9.17, 15) is 14.4 Å². The van der Waals surface area contributed by atoms with E-state index >= 15 is 0 Å². The second-order valence-electron chi connectivity index (χ2n) is 12.8. The number of anilines is 2. The molecule has 10 heteroatoms. The van der Waals surface area contributed by atoms with E-state index in [0.717, 1.165) is 33.6 Å². The molecule has 0 fully saturated rings. The number of hydrogen-bond donors (Lipinski definition) is 4. The van der Waals surface area contributed by atoms with Gasteiger partial charge in [-0.25, -0.2) is 4.79 Å². The van der Waals surface area contributed by atoms with Gasteiger partial charge in [-0.3, -0.25) is 9.59 Å². The average molecular weight is 630 g/mol. The molecule has 4 N–H and O–H groups in total. The number of benzene rings is 3. The third kappa shape index (κ3) is 9.28. The van der Waals surface area contributed by atoms with Gasteiger partial charge in [0.25, 0.3) is 0 Å². The predicted molar refractivity (Wildman–Crippen MR) is 183 cm³/mol. The minimum Gasteiger partial charge on any atom is -0.444 e. The van der Waals surface area contributed by atoms with Gasteiger partial charge in [0.05, 0.1) is 6.54 Å². The summed E-state index contributed by atoms with van der Waals surface area (Å²) in [5.74, 6) is -0.500. The number of carbonyl (C=O) groups is 3. The Labute approximate surface area is 271 Å². The first-order chi connectivity index (χ1) is 21.2. The minimum absolute atomic E-state index is 0.0141. The number of rotatable bonds is 8. The fraction of sp³-hybridized carbons (Fsp3) is 0.371. The largest absolute Gasteiger partial charge is 0.444 e. The molecule has 0 bridgehead atoms. The summed E-state index contributed by atoms with van der Waals surface area (Å²) in [6, 6.07) is 23.2. The molecule has 3 amide bonds. The van der Waals surface area contributed by atoms with Crippen LogP contribution in [0.3, 0.4) is 0 Å². The second kappa shape index (κ2) is 14.1. The molecule has 1 atom stereocenters. The van der Waals surface area contributed by atoms with Crippen molar-refractivity contribution in [1.29, 1.82) is 0 Å². The number of nitrogens with zero attached hydrogens (tertiary/aromatic N) is 1. The van der Waals surface area contributed by atoms with Gasteiger partial charge < -0.3 is 30.9 Å². The Morgan fingerprint density at radius 1 is 0.956 bits per heavy atom. The van der Waals surface area contributed by atoms with Crippen molar-refractivity contribution in [1.82, 2.24) is 16.0 Å². The summed E-state index contributed by atoms with van der Waals surface area (Å²) < 4.78 is 5.35. The van der Waals surface area contributed by atoms with Crippen LogP contribution in [0.4, 0.5) is 16.2 Å². The zero-order valence-corrected chi connectivity index (χ0v) is 27.6. The van der Waals surface area contributed by atoms with Crippen LogP contribution in [0.15, 0.2) is 72.8 Å². The van der Waals surface area contributed by atoms with Crippen molar-refractivity contribution in [2.24, 2.45) is 0 Å². The van der Waals surface area contributed by atoms with Gasteiger partial charge in [-0.15, -0.1) is 0 Å². The topological polar surface area (TPSA) is 112 Å². The molecule has 45 heavy (non-hydrogen) atoms. The smallest absolute Gasteiger partial charge is 0.408 e. The summed E-state index contributed by atoms with van der Waals surface area (Å²) in [6.45, 7) is 9.18. The van der Waals surface area contributed by atoms with E-state index in [0.29, 0.717) is 24.5 Å². The number of fused-ring (bicyclic) bond motifs is 1. The lowest BCUT2D eigenvalue weighted by Gasteiger charge is -2.29. The number of hydrogen-bond acceptors (Lipinski definition) is 5. The highest BCUT2D eigenvalue weighted by atomic mass is 32.1. The SMILES string of the molecule is CNC(=S)Nc1ccccc1-c1ccc(CN2C(=O)[C@H](NC(=O)CC(C)(C)NC(=O)OC(C)(C)C)CCc3ccccc32)cc1. The molecule has 0 saturated heterocycles. The molecule has 238 valence electrons. The van der Waals surface area contributed by atoms with Crippen molar-refractivity contribution in [3.05, 3.63) is 83.9 Å². The molecule has 4 rings (SSSR count). The molecule has 3 aromatic carbocycles. The van der Waals surface area contributed by atoms with Crippen molar-refractivity contribution in [2.45, 2.75) is 77.6 Å². The predicted octanol–water partition coefficient (Wildman–Crippen LogP) is 5.93. The van der Waals surface area contributed by atoms with E-state index in [2.05, 4.69) is 21.3 Å². The Morgan fingerprint density at radius 2 is 1.62 bits per heavy atom. The number of carbonyl (C=O) groups excluding carboxylic acids is 3. The maximum absolute atomic E-state index is 14.0. The van der Waals surface area contributed by atoms with E-state index in [1.54, 1.807) is 46.6 Å². The van der Waals surface area contributed by atoms with E-state index in [-0.39, 0.29) is 18.2 Å². The number of aryl methyl sites for hydroxylation is 1. The summed E-state index contributed by atoms with van der Waals surface area (Å²) in [4.78, 5) is 41.3. The Hall–Kier alpha value is -4.44. The van der Waals surface area contributed by atoms with Gasteiger partial charge in [0.1, 0.15) is 11.6 Å². The first-order valence-electron chi connectivity index (χ1n) is 15.1. The lowest BCUT2D eigenvalue weighted by molar-refractivity contribution is -0.128. The van der Waals surface area contributed by atoms with Crippen LogP contribution in [0.5, 0.6) is 0 Å². The number of para-hydroxylation sites is 2. The van der Waals surface area contributed by atoms with Crippen LogP contribution >= 0.6 is 12.2 Å². The number of alkyl carbamates (subject to hydrolysis) is 1. The zero-order valence-electron chi connectivity index (χ0n) is 26.8. The molecule has 0 aromatic heterocycles. The lowest BCUT2D eigenvalue weighted by Crippen LogP contribution is -2.52. The van der Waals surface area contributed by atoms with Crippen LogP contribution in [-0.4, -0.2) is 47.2 Å². The molecule has 1 heterocycles. The number of ether oxygens (including phenoxy) is 1. The fourth-order valence-electron chi connectivity index (χ4n) is 5.28. The van der Waals surface area contributed by atoms with Crippen molar-refractivity contribution in [2.75, 3.05) is 17.3 Å². The molecule has 1 aliphatic rings. The van der Waals surface area contributed by atoms with Gasteiger partial charge in [-0.2, -0.15) is 0 Å². The van der Waals surface area contributed by atoms with Crippen LogP contribution in [0.1, 0.15) is 58.6 Å². The molecule has 0 radical (unpaired) electrons. The first-order valence-corrected chi connectivity index (χ1v) is 15.5. The Balaban J connectivity index is 1.50. The zero-order chi connectivity index (χ0) is 32.8. The van der Waals surface area contributed by atoms with Crippen LogP contribution < -0.4 is 26.2 Å². The minimum atomic E-state index is -0.878. The standard InChI is InChI=1S/C35H43N5O4S/c1-34(2,3)44-33(43)39-35(4,5)21-30(41)37-28-20-19-25-11-7-10-14-29(25)40(31(28)42)22-23-15-17-24(18-16-23)26-12-8-9-13-27(26)38-32(45)36-6/h7-18,28H,19-22H2,1-6H3,(H,37,41)(H,39,43)(H2,36,38,45)/t28-/m1/s1. The summed E-state index contributed by atoms with van der Waals surface area (Å²) in [5.41, 5.74) is 4.21. The normalized spacial score (nSPS) is 14.9. The monoisotopic (exact) mass is 629 g/mol. The van der Waals surface area contributed by atoms with Crippen LogP contribution in [-0.2, 0) is 27.3 Å². The highest BCUT2D eigenvalue weighted by molar-refractivity contribution is 7.80. The molecule has 0 spiro atoms. The molecule has 1 aliphatic heterocycles. The highest BCUT2D eigenvalue weighted by Gasteiger charge is 2.33. The molecule has 3 aromatic rings. The summed E-state index contributed by atoms with van der Waals surface area (Å²) in [5, 5.41) is 12.4. The number of nitrogens with one attached hydrogen (secondary N) is 4. The Kier molecular flexibility index (Phi) is 10.5. The molecule has 9 nitrogen and oxygen atoms in total. The number of thiocarbonyl (C=S) groups is 1. The fourth-order valence-corrected chi connectivity index (χ4v) is 5.39. The van der Waals surface area contributed by atoms with Crippen molar-refractivity contribution in [3.8, 4) is 11.1 Å². The Bertz CT molecular complexity index is 1550. The van der Waals surface area contributed by atoms with Crippen molar-refractivity contribution >= 4 is 46.6 Å². The third-order valence-electron chi connectivity index (χ3n) is 7.33. The van der Waals surface area contributed by atoms with Gasteiger partial charge in [0.2, 0.25) is 11.8 Å². The maximum atomic E-state index is 14.0. The van der Waals surface area contributed by atoms with Crippen molar-refractivity contribution in [3.63, 3.8) is 0 Å². The van der Waals surface area contributed by atoms with E-state index < -0.39 is 23.3 Å². The quantitative estimate of drug-likeness (QED) is 0.229. The first kappa shape index (κ1) is 33.5. The molecular formula is C35H43N5O4S. The maximum Gasteiger partial charge on any atom is 0.408 e. The van der Waals surface area contributed by atoms with E-state index in [1.165, 1.54) is 0 Å². The molecule has 0 saturated carbocycles. The van der Waals surface area contributed by atoms with Gasteiger partial charge >= 0.3 is 6.09 Å². The summed E-state index contributed by atoms with van der Waals surface area (Å²) in [7, 11) is 1.77. The second-order valence-corrected chi connectivity index (χ2v) is 13.3. The van der Waals surface area contributed by atoms with Crippen LogP contribution in [0.25, 0.3) is 11.1 Å². The van der Waals surface area contributed by atoms with Gasteiger partial charge in [0.15, 0.2) is 5.11 Å². The molecular weight excluding hydrogens is 586 g/mol. The molecule has 0 unspecified atom stereocenters.